The molecule has 13 rings (SSSR count). The zero-order chi connectivity index (χ0) is 76.1. The molecule has 7 aromatic carbocycles. The maximum Gasteiger partial charge on any atom is 0.262 e. The SMILES string of the molecule is CC(=O)N1C(Cc2ccccc2)C(=O)N(C)C1c1ccc(Cl)cc1.CC(=O)N1C(Cc2cccnc2)C(=O)N(C)C1CCc1ccccc1.CCCC(=O)N1C(Cc2ccccc2)C(=O)N(C)C1c1ccc(Cl)cc1.CN1C(=O)C(Cc2cccnc2)N(C(=O)COc2ccccc2)C1CCc1ccccc1. The van der Waals surface area contributed by atoms with Crippen molar-refractivity contribution in [1.29, 1.82) is 0 Å². The van der Waals surface area contributed by atoms with Crippen LogP contribution in [0, 0.1) is 0 Å². The van der Waals surface area contributed by atoms with E-state index in [2.05, 4.69) is 34.2 Å². The van der Waals surface area contributed by atoms with Crippen molar-refractivity contribution < 1.29 is 43.1 Å². The van der Waals surface area contributed by atoms with E-state index in [-0.39, 0.29) is 66.2 Å². The first-order valence-electron chi connectivity index (χ1n) is 36.1. The molecule has 4 saturated heterocycles. The van der Waals surface area contributed by atoms with Gasteiger partial charge in [0.2, 0.25) is 41.4 Å². The number of carbonyl (C=O) groups excluding carboxylic acids is 8. The molecule has 6 heterocycles. The molecule has 4 fully saturated rings. The second-order valence-corrected chi connectivity index (χ2v) is 27.9. The van der Waals surface area contributed by atoms with Crippen LogP contribution in [-0.4, -0.2) is 168 Å². The van der Waals surface area contributed by atoms with Crippen LogP contribution in [0.25, 0.3) is 0 Å². The summed E-state index contributed by atoms with van der Waals surface area (Å²) < 4.78 is 5.73. The van der Waals surface area contributed by atoms with Crippen LogP contribution in [0.4, 0.5) is 0 Å². The van der Waals surface area contributed by atoms with Crippen LogP contribution in [0.3, 0.4) is 0 Å². The van der Waals surface area contributed by atoms with Gasteiger partial charge in [-0.25, -0.2) is 0 Å². The van der Waals surface area contributed by atoms with Gasteiger partial charge in [-0.15, -0.1) is 0 Å². The highest BCUT2D eigenvalue weighted by atomic mass is 35.5. The van der Waals surface area contributed by atoms with Crippen LogP contribution in [0.5, 0.6) is 5.75 Å². The number of aryl methyl sites for hydroxylation is 2. The van der Waals surface area contributed by atoms with E-state index in [4.69, 9.17) is 27.9 Å². The monoisotopic (exact) mass is 1480 g/mol. The van der Waals surface area contributed by atoms with Crippen LogP contribution in [0.1, 0.15) is 103 Å². The normalized spacial score (nSPS) is 19.6. The number of para-hydroxylation sites is 1. The largest absolute Gasteiger partial charge is 0.484 e. The summed E-state index contributed by atoms with van der Waals surface area (Å²) >= 11 is 12.0. The van der Waals surface area contributed by atoms with Gasteiger partial charge < -0.3 is 43.9 Å². The Morgan fingerprint density at radius 2 is 0.720 bits per heavy atom. The summed E-state index contributed by atoms with van der Waals surface area (Å²) in [6.07, 6.45) is 11.7. The lowest BCUT2D eigenvalue weighted by atomic mass is 10.0. The first-order chi connectivity index (χ1) is 51.7. The molecule has 4 aliphatic rings. The minimum atomic E-state index is -0.572. The third-order valence-electron chi connectivity index (χ3n) is 19.8. The number of carbonyl (C=O) groups is 8. The third kappa shape index (κ3) is 19.9. The maximum absolute atomic E-state index is 13.3. The number of hydrogen-bond donors (Lipinski definition) is 0. The summed E-state index contributed by atoms with van der Waals surface area (Å²) in [5.74, 6) is 0.122. The molecule has 0 spiro atoms. The lowest BCUT2D eigenvalue weighted by Crippen LogP contribution is -2.47. The van der Waals surface area contributed by atoms with Gasteiger partial charge in [0.1, 0.15) is 54.6 Å². The van der Waals surface area contributed by atoms with Gasteiger partial charge in [-0.05, 0) is 125 Å². The van der Waals surface area contributed by atoms with Gasteiger partial charge in [-0.2, -0.15) is 0 Å². The highest BCUT2D eigenvalue weighted by Crippen LogP contribution is 2.38. The molecule has 21 heteroatoms. The van der Waals surface area contributed by atoms with Crippen molar-refractivity contribution in [2.24, 2.45) is 0 Å². The van der Waals surface area contributed by atoms with Gasteiger partial charge in [0.15, 0.2) is 6.61 Å². The number of likely N-dealkylation sites (N-methyl/N-ethyl adjacent to an activating group) is 4. The molecule has 4 aliphatic heterocycles. The van der Waals surface area contributed by atoms with Crippen LogP contribution in [-0.2, 0) is 76.9 Å². The number of benzene rings is 7. The Kier molecular flexibility index (Phi) is 27.8. The number of pyridine rings is 2. The van der Waals surface area contributed by atoms with E-state index in [9.17, 15) is 38.4 Å². The minimum absolute atomic E-state index is 0.00267. The van der Waals surface area contributed by atoms with Crippen molar-refractivity contribution in [2.75, 3.05) is 34.8 Å². The first-order valence-corrected chi connectivity index (χ1v) is 36.9. The standard InChI is InChI=1S/C26H27N3O3.C21H23ClN2O2.C20H23N3O2.C19H19ClN2O2/c1-28-24(15-14-20-9-4-2-5-10-20)29(25(30)19-32-22-12-6-3-7-13-22)23(26(28)31)17-21-11-8-16-27-18-21;1-3-7-19(25)24-18(14-15-8-5-4-6-9-15)21(26)23(2)20(24)16-10-12-17(22)13-11-16;1-15(24)23-18(13-17-9-6-12-21-14-17)20(25)22(2)19(23)11-10-16-7-4-3-5-8-16;1-13(23)22-17(12-14-6-4-3-5-7-14)19(24)21(2)18(22)15-8-10-16(20)11-9-15/h2-13,16,18,23-24H,14-15,17,19H2,1H3;4-6,8-13,18,20H,3,7,14H2,1-2H3;3-9,12,14,18-19H,10-11,13H2,1-2H3;3-11,17-18H,12H2,1-2H3. The molecule has 107 heavy (non-hydrogen) atoms. The van der Waals surface area contributed by atoms with Gasteiger partial charge in [0, 0.05) is 109 Å². The van der Waals surface area contributed by atoms with Gasteiger partial charge >= 0.3 is 0 Å². The summed E-state index contributed by atoms with van der Waals surface area (Å²) in [4.78, 5) is 124. The molecule has 19 nitrogen and oxygen atoms in total. The van der Waals surface area contributed by atoms with Crippen LogP contribution < -0.4 is 4.74 Å². The summed E-state index contributed by atoms with van der Waals surface area (Å²) in [6.45, 7) is 4.91. The molecule has 0 aliphatic carbocycles. The van der Waals surface area contributed by atoms with E-state index < -0.39 is 36.5 Å². The fourth-order valence-corrected chi connectivity index (χ4v) is 14.7. The molecule has 8 unspecified atom stereocenters. The topological polar surface area (TPSA) is 197 Å². The molecule has 9 aromatic rings. The minimum Gasteiger partial charge on any atom is -0.484 e. The van der Waals surface area contributed by atoms with Gasteiger partial charge in [0.05, 0.1) is 0 Å². The van der Waals surface area contributed by atoms with Gasteiger partial charge in [-0.3, -0.25) is 48.3 Å². The molecular formula is C86H92Cl2N10O9. The van der Waals surface area contributed by atoms with Crippen LogP contribution in [0.2, 0.25) is 10.0 Å². The van der Waals surface area contributed by atoms with E-state index in [0.29, 0.717) is 54.3 Å². The highest BCUT2D eigenvalue weighted by molar-refractivity contribution is 6.30. The van der Waals surface area contributed by atoms with Crippen molar-refractivity contribution >= 4 is 70.5 Å². The summed E-state index contributed by atoms with van der Waals surface area (Å²) in [5, 5.41) is 1.26. The Morgan fingerprint density at radius 1 is 0.383 bits per heavy atom. The highest BCUT2D eigenvalue weighted by Gasteiger charge is 2.50. The maximum atomic E-state index is 13.3. The molecule has 2 aromatic heterocycles. The van der Waals surface area contributed by atoms with Crippen molar-refractivity contribution in [3.63, 3.8) is 0 Å². The molecule has 0 N–H and O–H groups in total. The zero-order valence-electron chi connectivity index (χ0n) is 61.5. The molecule has 0 bridgehead atoms. The predicted octanol–water partition coefficient (Wildman–Crippen LogP) is 12.9. The summed E-state index contributed by atoms with van der Waals surface area (Å²) in [6, 6.07) is 69.3. The Balaban J connectivity index is 0.000000153. The first kappa shape index (κ1) is 78.6. The zero-order valence-corrected chi connectivity index (χ0v) is 63.0. The second kappa shape index (κ2) is 37.8. The molecule has 0 radical (unpaired) electrons. The average Bonchev–Trinajstić information content (AvgIpc) is 1.65. The quantitative estimate of drug-likeness (QED) is 0.0663. The summed E-state index contributed by atoms with van der Waals surface area (Å²) in [7, 11) is 7.07. The van der Waals surface area contributed by atoms with Crippen molar-refractivity contribution in [3.05, 3.63) is 304 Å². The number of aromatic nitrogens is 2. The van der Waals surface area contributed by atoms with Gasteiger partial charge in [-0.1, -0.05) is 206 Å². The van der Waals surface area contributed by atoms with Gasteiger partial charge in [0.25, 0.3) is 5.91 Å². The van der Waals surface area contributed by atoms with Crippen LogP contribution in [0.15, 0.2) is 249 Å². The molecule has 554 valence electrons. The predicted molar refractivity (Wildman–Crippen MR) is 413 cm³/mol. The van der Waals surface area contributed by atoms with E-state index in [1.807, 2.05) is 183 Å². The number of hydrogen-bond acceptors (Lipinski definition) is 11. The van der Waals surface area contributed by atoms with E-state index in [0.717, 1.165) is 59.1 Å². The lowest BCUT2D eigenvalue weighted by molar-refractivity contribution is -0.138. The van der Waals surface area contributed by atoms with E-state index >= 15 is 0 Å². The van der Waals surface area contributed by atoms with Crippen molar-refractivity contribution in [2.45, 2.75) is 134 Å². The molecule has 8 atom stereocenters. The average molecular weight is 1480 g/mol. The number of halogens is 2. The van der Waals surface area contributed by atoms with E-state index in [1.54, 1.807) is 116 Å². The van der Waals surface area contributed by atoms with E-state index in [1.165, 1.54) is 25.0 Å². The number of nitrogens with zero attached hydrogens (tertiary/aromatic N) is 10. The molecule has 0 saturated carbocycles. The lowest BCUT2D eigenvalue weighted by Gasteiger charge is -2.30. The molecule has 8 amide bonds. The second-order valence-electron chi connectivity index (χ2n) is 27.0. The summed E-state index contributed by atoms with van der Waals surface area (Å²) in [5.41, 5.74) is 8.12. The fourth-order valence-electron chi connectivity index (χ4n) is 14.5. The van der Waals surface area contributed by atoms with Crippen molar-refractivity contribution in [3.8, 4) is 5.75 Å². The Hall–Kier alpha value is -11.0. The molecular weight excluding hydrogens is 1390 g/mol. The smallest absolute Gasteiger partial charge is 0.262 e. The third-order valence-corrected chi connectivity index (χ3v) is 20.3. The van der Waals surface area contributed by atoms with Crippen molar-refractivity contribution in [1.82, 2.24) is 49.2 Å². The van der Waals surface area contributed by atoms with Crippen LogP contribution >= 0.6 is 23.2 Å². The fraction of sp³-hybridized carbons (Fsp3) is 0.302. The number of rotatable bonds is 21. The Morgan fingerprint density at radius 3 is 1.11 bits per heavy atom. The Bertz CT molecular complexity index is 4410. The number of amides is 8. The number of ether oxygens (including phenoxy) is 1. The Labute approximate surface area is 637 Å².